The van der Waals surface area contributed by atoms with Gasteiger partial charge in [-0.2, -0.15) is 9.61 Å². The second kappa shape index (κ2) is 6.95. The number of aromatic nitrogens is 6. The molecule has 0 saturated heterocycles. The first-order valence-electron chi connectivity index (χ1n) is 8.74. The maximum Gasteiger partial charge on any atom is 0.178 e. The molecule has 7 heteroatoms. The van der Waals surface area contributed by atoms with Crippen molar-refractivity contribution in [2.24, 2.45) is 0 Å². The van der Waals surface area contributed by atoms with E-state index in [0.29, 0.717) is 0 Å². The van der Waals surface area contributed by atoms with E-state index in [1.165, 1.54) is 5.56 Å². The topological polar surface area (TPSA) is 72.9 Å². The Bertz CT molecular complexity index is 1020. The minimum Gasteiger partial charge on any atom is -0.369 e. The Morgan fingerprint density at radius 1 is 0.962 bits per heavy atom. The average Bonchev–Trinajstić information content (AvgIpc) is 3.22. The maximum atomic E-state index is 4.62. The molecule has 0 atom stereocenters. The zero-order valence-corrected chi connectivity index (χ0v) is 14.9. The predicted molar refractivity (Wildman–Crippen MR) is 101 cm³/mol. The van der Waals surface area contributed by atoms with Gasteiger partial charge in [0.25, 0.3) is 0 Å². The molecule has 0 aliphatic rings. The van der Waals surface area contributed by atoms with Gasteiger partial charge in [0.15, 0.2) is 11.5 Å². The molecule has 0 spiro atoms. The van der Waals surface area contributed by atoms with Crippen LogP contribution >= 0.6 is 0 Å². The highest BCUT2D eigenvalue weighted by Gasteiger charge is 2.07. The van der Waals surface area contributed by atoms with Crippen molar-refractivity contribution >= 4 is 11.5 Å². The third-order valence-electron chi connectivity index (χ3n) is 4.37. The molecule has 0 radical (unpaired) electrons. The van der Waals surface area contributed by atoms with Crippen LogP contribution in [0.1, 0.15) is 23.5 Å². The Balaban J connectivity index is 1.36. The SMILES string of the molecule is Cc1nn(-c2ccccc2)cc1CCCNc1ccc2nnc(C)n2n1. The molecule has 1 aromatic carbocycles. The second-order valence-electron chi connectivity index (χ2n) is 6.29. The quantitative estimate of drug-likeness (QED) is 0.543. The molecule has 26 heavy (non-hydrogen) atoms. The lowest BCUT2D eigenvalue weighted by Gasteiger charge is -2.05. The number of benzene rings is 1. The number of para-hydroxylation sites is 1. The van der Waals surface area contributed by atoms with E-state index in [1.54, 1.807) is 4.52 Å². The average molecular weight is 347 g/mol. The lowest BCUT2D eigenvalue weighted by Crippen LogP contribution is -2.07. The number of hydrogen-bond acceptors (Lipinski definition) is 5. The van der Waals surface area contributed by atoms with Gasteiger partial charge in [-0.15, -0.1) is 15.3 Å². The van der Waals surface area contributed by atoms with Crippen LogP contribution in [0, 0.1) is 13.8 Å². The zero-order chi connectivity index (χ0) is 17.9. The van der Waals surface area contributed by atoms with Gasteiger partial charge in [0, 0.05) is 12.7 Å². The van der Waals surface area contributed by atoms with E-state index in [0.717, 1.165) is 48.1 Å². The summed E-state index contributed by atoms with van der Waals surface area (Å²) in [5.74, 6) is 1.62. The Morgan fingerprint density at radius 3 is 2.65 bits per heavy atom. The molecule has 0 aliphatic heterocycles. The van der Waals surface area contributed by atoms with Crippen LogP contribution in [0.4, 0.5) is 5.82 Å². The summed E-state index contributed by atoms with van der Waals surface area (Å²) in [7, 11) is 0. The first kappa shape index (κ1) is 16.3. The molecule has 0 fully saturated rings. The number of hydrogen-bond donors (Lipinski definition) is 1. The standard InChI is InChI=1S/C19H21N7/c1-14-16(13-25(23-14)17-8-4-3-5-9-17)7-6-12-20-18-10-11-19-22-21-15(2)26(19)24-18/h3-5,8-11,13H,6-7,12H2,1-2H3,(H,20,24). The van der Waals surface area contributed by atoms with Crippen LogP contribution in [-0.2, 0) is 6.42 Å². The van der Waals surface area contributed by atoms with E-state index in [2.05, 4.69) is 51.0 Å². The number of fused-ring (bicyclic) bond motifs is 1. The van der Waals surface area contributed by atoms with Gasteiger partial charge in [-0.25, -0.2) is 4.68 Å². The number of anilines is 1. The van der Waals surface area contributed by atoms with Gasteiger partial charge >= 0.3 is 0 Å². The fourth-order valence-electron chi connectivity index (χ4n) is 2.94. The van der Waals surface area contributed by atoms with Gasteiger partial charge in [-0.05, 0) is 56.5 Å². The van der Waals surface area contributed by atoms with Crippen LogP contribution in [0.15, 0.2) is 48.7 Å². The summed E-state index contributed by atoms with van der Waals surface area (Å²) in [6.07, 6.45) is 4.09. The third kappa shape index (κ3) is 3.28. The lowest BCUT2D eigenvalue weighted by atomic mass is 10.1. The summed E-state index contributed by atoms with van der Waals surface area (Å²) in [6, 6.07) is 14.0. The first-order valence-corrected chi connectivity index (χ1v) is 8.74. The van der Waals surface area contributed by atoms with Crippen molar-refractivity contribution < 1.29 is 0 Å². The molecule has 3 heterocycles. The van der Waals surface area contributed by atoms with Crippen LogP contribution in [0.2, 0.25) is 0 Å². The summed E-state index contributed by atoms with van der Waals surface area (Å²) < 4.78 is 3.69. The fraction of sp³-hybridized carbons (Fsp3) is 0.263. The van der Waals surface area contributed by atoms with E-state index in [1.807, 2.05) is 41.9 Å². The zero-order valence-electron chi connectivity index (χ0n) is 14.9. The Labute approximate surface area is 151 Å². The molecule has 132 valence electrons. The minimum absolute atomic E-state index is 0.761. The van der Waals surface area contributed by atoms with Gasteiger partial charge in [-0.3, -0.25) is 0 Å². The van der Waals surface area contributed by atoms with E-state index < -0.39 is 0 Å². The molecule has 0 aliphatic carbocycles. The molecule has 4 rings (SSSR count). The highest BCUT2D eigenvalue weighted by atomic mass is 15.4. The molecule has 0 amide bonds. The largest absolute Gasteiger partial charge is 0.369 e. The Hall–Kier alpha value is -3.22. The lowest BCUT2D eigenvalue weighted by molar-refractivity contribution is 0.832. The maximum absolute atomic E-state index is 4.62. The van der Waals surface area contributed by atoms with Crippen LogP contribution in [0.3, 0.4) is 0 Å². The Kier molecular flexibility index (Phi) is 4.35. The summed E-state index contributed by atoms with van der Waals surface area (Å²) in [5, 5.41) is 20.6. The highest BCUT2D eigenvalue weighted by Crippen LogP contribution is 2.14. The van der Waals surface area contributed by atoms with Crippen molar-refractivity contribution in [3.8, 4) is 5.69 Å². The van der Waals surface area contributed by atoms with E-state index in [9.17, 15) is 0 Å². The van der Waals surface area contributed by atoms with Crippen molar-refractivity contribution in [3.05, 3.63) is 65.7 Å². The molecule has 3 aromatic heterocycles. The molecule has 4 aromatic rings. The monoisotopic (exact) mass is 347 g/mol. The molecular weight excluding hydrogens is 326 g/mol. The van der Waals surface area contributed by atoms with E-state index >= 15 is 0 Å². The summed E-state index contributed by atoms with van der Waals surface area (Å²) in [4.78, 5) is 0. The van der Waals surface area contributed by atoms with Crippen molar-refractivity contribution in [3.63, 3.8) is 0 Å². The Morgan fingerprint density at radius 2 is 1.81 bits per heavy atom. The van der Waals surface area contributed by atoms with Crippen LogP contribution in [0.25, 0.3) is 11.3 Å². The number of nitrogens with zero attached hydrogens (tertiary/aromatic N) is 6. The van der Waals surface area contributed by atoms with Crippen molar-refractivity contribution in [2.75, 3.05) is 11.9 Å². The van der Waals surface area contributed by atoms with Crippen molar-refractivity contribution in [1.82, 2.24) is 29.6 Å². The first-order chi connectivity index (χ1) is 12.7. The molecule has 0 bridgehead atoms. The highest BCUT2D eigenvalue weighted by molar-refractivity contribution is 5.43. The van der Waals surface area contributed by atoms with Crippen LogP contribution in [0.5, 0.6) is 0 Å². The molecule has 7 nitrogen and oxygen atoms in total. The van der Waals surface area contributed by atoms with Crippen LogP contribution in [-0.4, -0.2) is 36.1 Å². The van der Waals surface area contributed by atoms with Gasteiger partial charge in [0.1, 0.15) is 5.82 Å². The summed E-state index contributed by atoms with van der Waals surface area (Å²) in [6.45, 7) is 4.80. The number of rotatable bonds is 6. The summed E-state index contributed by atoms with van der Waals surface area (Å²) in [5.41, 5.74) is 4.20. The normalized spacial score (nSPS) is 11.2. The van der Waals surface area contributed by atoms with E-state index in [-0.39, 0.29) is 0 Å². The fourth-order valence-corrected chi connectivity index (χ4v) is 2.94. The van der Waals surface area contributed by atoms with Crippen molar-refractivity contribution in [1.29, 1.82) is 0 Å². The molecular formula is C19H21N7. The molecule has 0 saturated carbocycles. The number of aryl methyl sites for hydroxylation is 3. The molecule has 1 N–H and O–H groups in total. The van der Waals surface area contributed by atoms with Crippen LogP contribution < -0.4 is 5.32 Å². The minimum atomic E-state index is 0.761. The van der Waals surface area contributed by atoms with Gasteiger partial charge < -0.3 is 5.32 Å². The molecule has 0 unspecified atom stereocenters. The van der Waals surface area contributed by atoms with E-state index in [4.69, 9.17) is 0 Å². The second-order valence-corrected chi connectivity index (χ2v) is 6.29. The third-order valence-corrected chi connectivity index (χ3v) is 4.37. The smallest absolute Gasteiger partial charge is 0.178 e. The van der Waals surface area contributed by atoms with Gasteiger partial charge in [-0.1, -0.05) is 18.2 Å². The van der Waals surface area contributed by atoms with Gasteiger partial charge in [0.05, 0.1) is 11.4 Å². The predicted octanol–water partition coefficient (Wildman–Crippen LogP) is 2.97. The number of nitrogens with one attached hydrogen (secondary N) is 1. The van der Waals surface area contributed by atoms with Gasteiger partial charge in [0.2, 0.25) is 0 Å². The summed E-state index contributed by atoms with van der Waals surface area (Å²) >= 11 is 0. The van der Waals surface area contributed by atoms with Crippen molar-refractivity contribution in [2.45, 2.75) is 26.7 Å².